The molecule has 0 saturated heterocycles. The Morgan fingerprint density at radius 1 is 1.31 bits per heavy atom. The summed E-state index contributed by atoms with van der Waals surface area (Å²) in [4.78, 5) is 10.5. The second-order valence-corrected chi connectivity index (χ2v) is 6.46. The first-order valence-electron chi connectivity index (χ1n) is 4.17. The number of non-ortho nitro benzene ring substituents is 1. The van der Waals surface area contributed by atoms with Gasteiger partial charge in [-0.05, 0) is 24.1 Å². The van der Waals surface area contributed by atoms with E-state index in [1.165, 1.54) is 31.3 Å². The number of hydrogen-bond donors (Lipinski definition) is 0. The molecule has 8 heteroatoms. The van der Waals surface area contributed by atoms with E-state index in [1.807, 2.05) is 0 Å². The van der Waals surface area contributed by atoms with Crippen molar-refractivity contribution in [2.75, 3.05) is 13.3 Å². The molecule has 0 amide bonds. The molecule has 0 fully saturated rings. The van der Waals surface area contributed by atoms with Crippen molar-refractivity contribution in [1.29, 1.82) is 0 Å². The van der Waals surface area contributed by atoms with E-state index in [2.05, 4.69) is 0 Å². The van der Waals surface area contributed by atoms with Gasteiger partial charge in [0.2, 0.25) is 10.0 Å². The van der Waals surface area contributed by atoms with Crippen LogP contribution in [0.15, 0.2) is 29.2 Å². The van der Waals surface area contributed by atoms with Gasteiger partial charge in [-0.15, -0.1) is 3.71 Å². The van der Waals surface area contributed by atoms with Gasteiger partial charge in [0.05, 0.1) is 11.2 Å². The maximum Gasteiger partial charge on any atom is 0.269 e. The average Bonchev–Trinajstić information content (AvgIpc) is 2.17. The zero-order valence-electron chi connectivity index (χ0n) is 8.65. The number of nitro benzene ring substituents is 1. The highest BCUT2D eigenvalue weighted by Crippen LogP contribution is 2.25. The molecule has 0 unspecified atom stereocenters. The summed E-state index contributed by atoms with van der Waals surface area (Å²) in [5.74, 6) is 0. The summed E-state index contributed by atoms with van der Waals surface area (Å²) in [5, 5.41) is 10.4. The Kier molecular flexibility index (Phi) is 3.89. The fourth-order valence-electron chi connectivity index (χ4n) is 0.845. The highest BCUT2D eigenvalue weighted by atomic mass is 32.3. The van der Waals surface area contributed by atoms with E-state index in [-0.39, 0.29) is 5.69 Å². The van der Waals surface area contributed by atoms with Crippen LogP contribution in [0.3, 0.4) is 0 Å². The fourth-order valence-corrected chi connectivity index (χ4v) is 2.20. The molecule has 0 aliphatic rings. The summed E-state index contributed by atoms with van der Waals surface area (Å²) in [6.07, 6.45) is 1.09. The lowest BCUT2D eigenvalue weighted by Gasteiger charge is -2.11. The number of hydrogen-bond acceptors (Lipinski definition) is 5. The smallest absolute Gasteiger partial charge is 0.258 e. The normalized spacial score (nSPS) is 11.7. The van der Waals surface area contributed by atoms with Crippen molar-refractivity contribution in [2.24, 2.45) is 0 Å². The van der Waals surface area contributed by atoms with Gasteiger partial charge in [-0.2, -0.15) is 0 Å². The largest absolute Gasteiger partial charge is 0.269 e. The molecule has 0 atom stereocenters. The lowest BCUT2D eigenvalue weighted by molar-refractivity contribution is -0.384. The van der Waals surface area contributed by atoms with E-state index in [4.69, 9.17) is 0 Å². The molecule has 0 saturated carbocycles. The van der Waals surface area contributed by atoms with Crippen LogP contribution in [0, 0.1) is 10.1 Å². The zero-order valence-corrected chi connectivity index (χ0v) is 10.3. The van der Waals surface area contributed by atoms with Gasteiger partial charge in [0.15, 0.2) is 0 Å². The molecule has 0 spiro atoms. The highest BCUT2D eigenvalue weighted by Gasteiger charge is 2.13. The molecule has 16 heavy (non-hydrogen) atoms. The monoisotopic (exact) mass is 262 g/mol. The fraction of sp³-hybridized carbons (Fsp3) is 0.250. The molecule has 0 aliphatic heterocycles. The molecule has 1 aromatic rings. The van der Waals surface area contributed by atoms with Crippen LogP contribution in [-0.2, 0) is 10.0 Å². The molecule has 0 aromatic heterocycles. The Hall–Kier alpha value is -1.12. The van der Waals surface area contributed by atoms with Gasteiger partial charge in [0.25, 0.3) is 5.69 Å². The predicted octanol–water partition coefficient (Wildman–Crippen LogP) is 1.49. The average molecular weight is 262 g/mol. The minimum atomic E-state index is -3.27. The van der Waals surface area contributed by atoms with E-state index in [9.17, 15) is 18.5 Å². The summed E-state index contributed by atoms with van der Waals surface area (Å²) in [6.45, 7) is 0. The molecule has 0 bridgehead atoms. The molecule has 6 nitrogen and oxygen atoms in total. The van der Waals surface area contributed by atoms with E-state index in [0.29, 0.717) is 4.90 Å². The van der Waals surface area contributed by atoms with Crippen molar-refractivity contribution < 1.29 is 13.3 Å². The first-order valence-corrected chi connectivity index (χ1v) is 6.79. The van der Waals surface area contributed by atoms with Crippen LogP contribution in [0.5, 0.6) is 0 Å². The number of nitrogens with zero attached hydrogens (tertiary/aromatic N) is 2. The molecule has 1 rings (SSSR count). The second-order valence-electron chi connectivity index (χ2n) is 3.02. The van der Waals surface area contributed by atoms with Crippen LogP contribution in [0.1, 0.15) is 0 Å². The number of nitro groups is 1. The lowest BCUT2D eigenvalue weighted by atomic mass is 10.3. The molecule has 0 N–H and O–H groups in total. The molecule has 0 aliphatic carbocycles. The van der Waals surface area contributed by atoms with Crippen LogP contribution in [0.2, 0.25) is 0 Å². The molecular weight excluding hydrogens is 252 g/mol. The van der Waals surface area contributed by atoms with Gasteiger partial charge in [-0.3, -0.25) is 10.1 Å². The third kappa shape index (κ3) is 3.47. The second kappa shape index (κ2) is 4.81. The maximum atomic E-state index is 11.1. The number of rotatable bonds is 4. The summed E-state index contributed by atoms with van der Waals surface area (Å²) < 4.78 is 23.3. The molecule has 0 radical (unpaired) electrons. The first-order chi connectivity index (χ1) is 7.30. The quantitative estimate of drug-likeness (QED) is 0.466. The zero-order chi connectivity index (χ0) is 12.3. The van der Waals surface area contributed by atoms with Crippen molar-refractivity contribution in [2.45, 2.75) is 4.90 Å². The maximum absolute atomic E-state index is 11.1. The molecule has 0 heterocycles. The number of benzene rings is 1. The van der Waals surface area contributed by atoms with Crippen LogP contribution in [0.25, 0.3) is 0 Å². The van der Waals surface area contributed by atoms with E-state index in [0.717, 1.165) is 21.9 Å². The van der Waals surface area contributed by atoms with Gasteiger partial charge < -0.3 is 0 Å². The van der Waals surface area contributed by atoms with Crippen molar-refractivity contribution in [1.82, 2.24) is 3.71 Å². The Morgan fingerprint density at radius 2 is 1.81 bits per heavy atom. The third-order valence-electron chi connectivity index (χ3n) is 1.75. The van der Waals surface area contributed by atoms with E-state index in [1.54, 1.807) is 0 Å². The van der Waals surface area contributed by atoms with Gasteiger partial charge in [0.1, 0.15) is 0 Å². The Balaban J connectivity index is 2.81. The number of sulfonamides is 1. The van der Waals surface area contributed by atoms with Crippen LogP contribution in [0.4, 0.5) is 5.69 Å². The SMILES string of the molecule is CN(Sc1ccc([N+](=O)[O-])cc1)S(C)(=O)=O. The van der Waals surface area contributed by atoms with E-state index >= 15 is 0 Å². The molecule has 1 aromatic carbocycles. The van der Waals surface area contributed by atoms with Crippen LogP contribution in [-0.4, -0.2) is 30.4 Å². The lowest BCUT2D eigenvalue weighted by Crippen LogP contribution is -2.17. The van der Waals surface area contributed by atoms with E-state index < -0.39 is 14.9 Å². The molecular formula is C8H10N2O4S2. The summed E-state index contributed by atoms with van der Waals surface area (Å²) >= 11 is 0.994. The summed E-state index contributed by atoms with van der Waals surface area (Å²) in [6, 6.07) is 5.67. The Morgan fingerprint density at radius 3 is 2.19 bits per heavy atom. The van der Waals surface area contributed by atoms with Crippen molar-refractivity contribution in [3.05, 3.63) is 34.4 Å². The van der Waals surface area contributed by atoms with Gasteiger partial charge in [0, 0.05) is 24.1 Å². The van der Waals surface area contributed by atoms with Crippen molar-refractivity contribution in [3.63, 3.8) is 0 Å². The minimum absolute atomic E-state index is 0.0219. The third-order valence-corrected chi connectivity index (χ3v) is 4.46. The van der Waals surface area contributed by atoms with Gasteiger partial charge >= 0.3 is 0 Å². The highest BCUT2D eigenvalue weighted by molar-refractivity contribution is 8.08. The molecule has 88 valence electrons. The van der Waals surface area contributed by atoms with Crippen LogP contribution < -0.4 is 0 Å². The Labute approximate surface area is 97.6 Å². The van der Waals surface area contributed by atoms with Crippen molar-refractivity contribution >= 4 is 27.7 Å². The van der Waals surface area contributed by atoms with Crippen LogP contribution >= 0.6 is 11.9 Å². The Bertz CT molecular complexity index is 483. The first kappa shape index (κ1) is 12.9. The summed E-state index contributed by atoms with van der Waals surface area (Å²) in [7, 11) is -1.85. The summed E-state index contributed by atoms with van der Waals surface area (Å²) in [5.41, 5.74) is -0.0219. The van der Waals surface area contributed by atoms with Gasteiger partial charge in [-0.25, -0.2) is 8.42 Å². The standard InChI is InChI=1S/C8H10N2O4S2/c1-9(16(2,13)14)15-8-5-3-7(4-6-8)10(11)12/h3-6H,1-2H3. The van der Waals surface area contributed by atoms with Gasteiger partial charge in [-0.1, -0.05) is 0 Å². The minimum Gasteiger partial charge on any atom is -0.258 e. The predicted molar refractivity (Wildman–Crippen MR) is 61.6 cm³/mol. The van der Waals surface area contributed by atoms with Crippen molar-refractivity contribution in [3.8, 4) is 0 Å². The topological polar surface area (TPSA) is 80.5 Å².